The number of aryl methyl sites for hydroxylation is 2. The fourth-order valence-electron chi connectivity index (χ4n) is 3.57. The van der Waals surface area contributed by atoms with E-state index in [4.69, 9.17) is 10.3 Å². The van der Waals surface area contributed by atoms with Crippen molar-refractivity contribution in [3.05, 3.63) is 47.2 Å². The minimum absolute atomic E-state index is 0.0142. The molecule has 9 nitrogen and oxygen atoms in total. The van der Waals surface area contributed by atoms with Gasteiger partial charge in [0.1, 0.15) is 11.7 Å². The first kappa shape index (κ1) is 18.0. The summed E-state index contributed by atoms with van der Waals surface area (Å²) >= 11 is 0. The van der Waals surface area contributed by atoms with Crippen LogP contribution in [0.4, 0.5) is 5.95 Å². The highest BCUT2D eigenvalue weighted by Crippen LogP contribution is 2.32. The van der Waals surface area contributed by atoms with E-state index in [-0.39, 0.29) is 24.3 Å². The Balaban J connectivity index is 1.54. The molecule has 1 unspecified atom stereocenters. The number of hydrogen-bond acceptors (Lipinski definition) is 8. The third-order valence-corrected chi connectivity index (χ3v) is 4.96. The fraction of sp³-hybridized carbons (Fsp3) is 0.368. The van der Waals surface area contributed by atoms with E-state index in [2.05, 4.69) is 25.1 Å². The van der Waals surface area contributed by atoms with Gasteiger partial charge in [0.05, 0.1) is 6.42 Å². The molecule has 0 saturated carbocycles. The molecule has 0 aliphatic carbocycles. The molecule has 0 radical (unpaired) electrons. The van der Waals surface area contributed by atoms with Crippen molar-refractivity contribution in [1.82, 2.24) is 30.0 Å². The van der Waals surface area contributed by atoms with Gasteiger partial charge in [-0.25, -0.2) is 9.97 Å². The number of carbonyl (C=O) groups excluding carboxylic acids is 1. The predicted molar refractivity (Wildman–Crippen MR) is 101 cm³/mol. The van der Waals surface area contributed by atoms with Gasteiger partial charge >= 0.3 is 0 Å². The molecule has 28 heavy (non-hydrogen) atoms. The van der Waals surface area contributed by atoms with Gasteiger partial charge in [0.25, 0.3) is 0 Å². The molecule has 1 aliphatic heterocycles. The molecule has 1 aliphatic rings. The molecular formula is C19H21N7O2. The summed E-state index contributed by atoms with van der Waals surface area (Å²) in [6.45, 7) is 4.33. The molecule has 9 heteroatoms. The van der Waals surface area contributed by atoms with Gasteiger partial charge in [-0.05, 0) is 38.8 Å². The predicted octanol–water partition coefficient (Wildman–Crippen LogP) is 2.03. The van der Waals surface area contributed by atoms with Crippen LogP contribution in [0.3, 0.4) is 0 Å². The zero-order valence-electron chi connectivity index (χ0n) is 15.8. The first-order valence-electron chi connectivity index (χ1n) is 9.17. The zero-order valence-corrected chi connectivity index (χ0v) is 15.8. The molecule has 144 valence electrons. The fourth-order valence-corrected chi connectivity index (χ4v) is 3.57. The second-order valence-corrected chi connectivity index (χ2v) is 6.82. The highest BCUT2D eigenvalue weighted by atomic mass is 16.5. The van der Waals surface area contributed by atoms with E-state index in [0.29, 0.717) is 24.0 Å². The number of nitrogen functional groups attached to an aromatic ring is 1. The van der Waals surface area contributed by atoms with Crippen LogP contribution in [0.5, 0.6) is 0 Å². The lowest BCUT2D eigenvalue weighted by Crippen LogP contribution is -2.32. The van der Waals surface area contributed by atoms with Gasteiger partial charge in [-0.2, -0.15) is 4.98 Å². The summed E-state index contributed by atoms with van der Waals surface area (Å²) < 4.78 is 5.46. The van der Waals surface area contributed by atoms with E-state index in [1.54, 1.807) is 11.1 Å². The Morgan fingerprint density at radius 1 is 1.25 bits per heavy atom. The lowest BCUT2D eigenvalue weighted by atomic mass is 10.1. The van der Waals surface area contributed by atoms with Crippen LogP contribution >= 0.6 is 0 Å². The average Bonchev–Trinajstić information content (AvgIpc) is 3.34. The molecule has 4 heterocycles. The van der Waals surface area contributed by atoms with Crippen LogP contribution in [0, 0.1) is 13.8 Å². The standard InChI is InChI=1S/C19H21N7O2/c1-11-13(12(2)23-19(20)22-11)10-16(27)26-9-5-7-15(26)18-24-17(25-28-18)14-6-3-4-8-21-14/h3-4,6,8,15H,5,7,9-10H2,1-2H3,(H2,20,22,23). The third-order valence-electron chi connectivity index (χ3n) is 4.96. The van der Waals surface area contributed by atoms with Gasteiger partial charge in [-0.1, -0.05) is 11.2 Å². The number of likely N-dealkylation sites (tertiary alicyclic amines) is 1. The number of rotatable bonds is 4. The summed E-state index contributed by atoms with van der Waals surface area (Å²) in [6, 6.07) is 5.28. The van der Waals surface area contributed by atoms with Crippen molar-refractivity contribution in [2.75, 3.05) is 12.3 Å². The van der Waals surface area contributed by atoms with Crippen LogP contribution in [0.15, 0.2) is 28.9 Å². The summed E-state index contributed by atoms with van der Waals surface area (Å²) in [4.78, 5) is 31.9. The number of anilines is 1. The zero-order chi connectivity index (χ0) is 19.7. The van der Waals surface area contributed by atoms with E-state index in [9.17, 15) is 4.79 Å². The topological polar surface area (TPSA) is 124 Å². The summed E-state index contributed by atoms with van der Waals surface area (Å²) in [7, 11) is 0. The Hall–Kier alpha value is -3.36. The molecule has 4 rings (SSSR count). The van der Waals surface area contributed by atoms with Crippen LogP contribution in [0.1, 0.15) is 41.7 Å². The molecule has 3 aromatic heterocycles. The maximum atomic E-state index is 13.0. The molecule has 3 aromatic rings. The second-order valence-electron chi connectivity index (χ2n) is 6.82. The Kier molecular flexibility index (Phi) is 4.72. The lowest BCUT2D eigenvalue weighted by Gasteiger charge is -2.22. The van der Waals surface area contributed by atoms with Crippen LogP contribution in [0.2, 0.25) is 0 Å². The van der Waals surface area contributed by atoms with E-state index in [1.807, 2.05) is 32.0 Å². The van der Waals surface area contributed by atoms with Crippen LogP contribution in [0.25, 0.3) is 11.5 Å². The van der Waals surface area contributed by atoms with Gasteiger partial charge in [-0.15, -0.1) is 0 Å². The Bertz CT molecular complexity index is 980. The number of amides is 1. The van der Waals surface area contributed by atoms with Gasteiger partial charge in [0.15, 0.2) is 0 Å². The van der Waals surface area contributed by atoms with Gasteiger partial charge in [-0.3, -0.25) is 9.78 Å². The average molecular weight is 379 g/mol. The van der Waals surface area contributed by atoms with Crippen molar-refractivity contribution in [2.45, 2.75) is 39.2 Å². The minimum atomic E-state index is -0.229. The number of hydrogen-bond donors (Lipinski definition) is 1. The van der Waals surface area contributed by atoms with Crippen molar-refractivity contribution in [2.24, 2.45) is 0 Å². The highest BCUT2D eigenvalue weighted by Gasteiger charge is 2.34. The van der Waals surface area contributed by atoms with Gasteiger partial charge in [0.2, 0.25) is 23.6 Å². The van der Waals surface area contributed by atoms with Crippen molar-refractivity contribution in [3.63, 3.8) is 0 Å². The number of carbonyl (C=O) groups is 1. The number of aromatic nitrogens is 5. The van der Waals surface area contributed by atoms with Crippen LogP contribution < -0.4 is 5.73 Å². The number of nitrogens with zero attached hydrogens (tertiary/aromatic N) is 6. The van der Waals surface area contributed by atoms with Gasteiger partial charge in [0, 0.05) is 29.7 Å². The number of pyridine rings is 1. The maximum absolute atomic E-state index is 13.0. The Labute approximate surface area is 162 Å². The largest absolute Gasteiger partial charge is 0.368 e. The minimum Gasteiger partial charge on any atom is -0.368 e. The first-order chi connectivity index (χ1) is 13.5. The summed E-state index contributed by atoms with van der Waals surface area (Å²) in [5.41, 5.74) is 8.58. The van der Waals surface area contributed by atoms with Crippen molar-refractivity contribution < 1.29 is 9.32 Å². The van der Waals surface area contributed by atoms with Crippen LogP contribution in [-0.4, -0.2) is 42.4 Å². The Morgan fingerprint density at radius 3 is 2.75 bits per heavy atom. The molecule has 2 N–H and O–H groups in total. The smallest absolute Gasteiger partial charge is 0.249 e. The van der Waals surface area contributed by atoms with E-state index in [0.717, 1.165) is 29.8 Å². The Morgan fingerprint density at radius 2 is 2.04 bits per heavy atom. The highest BCUT2D eigenvalue weighted by molar-refractivity contribution is 5.80. The van der Waals surface area contributed by atoms with Crippen molar-refractivity contribution in [1.29, 1.82) is 0 Å². The number of nitrogens with two attached hydrogens (primary N) is 1. The SMILES string of the molecule is Cc1nc(N)nc(C)c1CC(=O)N1CCCC1c1nc(-c2ccccn2)no1. The van der Waals surface area contributed by atoms with E-state index >= 15 is 0 Å². The van der Waals surface area contributed by atoms with Crippen molar-refractivity contribution >= 4 is 11.9 Å². The molecule has 1 amide bonds. The van der Waals surface area contributed by atoms with Crippen LogP contribution in [-0.2, 0) is 11.2 Å². The molecule has 0 aromatic carbocycles. The van der Waals surface area contributed by atoms with E-state index in [1.165, 1.54) is 0 Å². The summed E-state index contributed by atoms with van der Waals surface area (Å²) in [6.07, 6.45) is 3.56. The molecular weight excluding hydrogens is 358 g/mol. The first-order valence-corrected chi connectivity index (χ1v) is 9.17. The normalized spacial score (nSPS) is 16.5. The summed E-state index contributed by atoms with van der Waals surface area (Å²) in [5.74, 6) is 1.07. The molecule has 0 spiro atoms. The lowest BCUT2D eigenvalue weighted by molar-refractivity contribution is -0.131. The summed E-state index contributed by atoms with van der Waals surface area (Å²) in [5, 5.41) is 4.03. The second kappa shape index (κ2) is 7.34. The van der Waals surface area contributed by atoms with Crippen molar-refractivity contribution in [3.8, 4) is 11.5 Å². The van der Waals surface area contributed by atoms with E-state index < -0.39 is 0 Å². The molecule has 1 fully saturated rings. The quantitative estimate of drug-likeness (QED) is 0.730. The third kappa shape index (κ3) is 3.42. The van der Waals surface area contributed by atoms with Gasteiger partial charge < -0.3 is 15.2 Å². The monoisotopic (exact) mass is 379 g/mol. The molecule has 1 saturated heterocycles. The molecule has 0 bridgehead atoms. The maximum Gasteiger partial charge on any atom is 0.249 e. The molecule has 1 atom stereocenters.